The van der Waals surface area contributed by atoms with Gasteiger partial charge >= 0.3 is 327 Å². The molecule has 0 amide bonds. The van der Waals surface area contributed by atoms with Gasteiger partial charge in [0.1, 0.15) is 0 Å². The third kappa shape index (κ3) is 5.06. The summed E-state index contributed by atoms with van der Waals surface area (Å²) in [5.41, 5.74) is 17.8. The van der Waals surface area contributed by atoms with Crippen molar-refractivity contribution in [2.45, 2.75) is 142 Å². The molecule has 4 aromatic carbocycles. The van der Waals surface area contributed by atoms with Crippen molar-refractivity contribution in [3.8, 4) is 22.3 Å². The first-order valence-electron chi connectivity index (χ1n) is 21.6. The second kappa shape index (κ2) is 11.8. The minimum atomic E-state index is -5.38. The van der Waals surface area contributed by atoms with Gasteiger partial charge in [-0.3, -0.25) is 0 Å². The number of hydrogen-bond donors (Lipinski definition) is 0. The Labute approximate surface area is 324 Å². The first-order chi connectivity index (χ1) is 25.2. The Kier molecular flexibility index (Phi) is 8.34. The van der Waals surface area contributed by atoms with E-state index in [-0.39, 0.29) is 10.8 Å². The Hall–Kier alpha value is -2.55. The van der Waals surface area contributed by atoms with Crippen LogP contribution < -0.4 is 0 Å². The van der Waals surface area contributed by atoms with E-state index in [0.29, 0.717) is 7.35 Å². The molecule has 0 aliphatic heterocycles. The number of hydrogen-bond acceptors (Lipinski definition) is 0. The molecule has 4 aliphatic carbocycles. The van der Waals surface area contributed by atoms with Crippen LogP contribution in [0.4, 0.5) is 0 Å². The van der Waals surface area contributed by atoms with Crippen LogP contribution in [-0.2, 0) is 25.0 Å². The van der Waals surface area contributed by atoms with Gasteiger partial charge in [0.15, 0.2) is 0 Å². The second-order valence-corrected chi connectivity index (χ2v) is 96.7. The minimum absolute atomic E-state index is 0.140. The average molecular weight is 900 g/mol. The second-order valence-electron chi connectivity index (χ2n) is 23.1. The van der Waals surface area contributed by atoms with Crippen LogP contribution in [-0.4, -0.2) is 6.94 Å². The fraction of sp³-hybridized carbons (Fsp3) is 0.462. The van der Waals surface area contributed by atoms with Gasteiger partial charge in [-0.15, -0.1) is 0 Å². The molecule has 0 bridgehead atoms. The summed E-state index contributed by atoms with van der Waals surface area (Å²) < 4.78 is 8.69. The number of allylic oxidation sites excluding steroid dienone is 2. The third-order valence-corrected chi connectivity index (χ3v) is 88.0. The molecule has 0 spiro atoms. The number of benzene rings is 4. The van der Waals surface area contributed by atoms with Crippen molar-refractivity contribution < 1.29 is 14.2 Å². The fourth-order valence-corrected chi connectivity index (χ4v) is 77.7. The fourth-order valence-electron chi connectivity index (χ4n) is 14.2. The van der Waals surface area contributed by atoms with Crippen molar-refractivity contribution >= 4 is 19.1 Å². The Morgan fingerprint density at radius 1 is 0.519 bits per heavy atom. The van der Waals surface area contributed by atoms with Crippen molar-refractivity contribution in [2.24, 2.45) is 0 Å². The number of aryl methyl sites for hydroxylation is 2. The van der Waals surface area contributed by atoms with Gasteiger partial charge in [0, 0.05) is 0 Å². The maximum atomic E-state index is 3.09. The van der Waals surface area contributed by atoms with E-state index in [1.165, 1.54) is 107 Å². The molecule has 0 nitrogen and oxygen atoms in total. The van der Waals surface area contributed by atoms with Crippen LogP contribution in [0.25, 0.3) is 34.4 Å². The Morgan fingerprint density at radius 2 is 0.889 bits per heavy atom. The molecule has 4 aromatic rings. The molecule has 2 saturated carbocycles. The molecule has 2 fully saturated rings. The summed E-state index contributed by atoms with van der Waals surface area (Å²) in [4.78, 5) is 0. The number of fused-ring (bicyclic) bond motifs is 2. The van der Waals surface area contributed by atoms with E-state index in [4.69, 9.17) is 0 Å². The summed E-state index contributed by atoms with van der Waals surface area (Å²) in [6, 6.07) is 29.4. The topological polar surface area (TPSA) is 0 Å². The molecule has 0 radical (unpaired) electrons. The summed E-state index contributed by atoms with van der Waals surface area (Å²) in [7, 11) is 0. The molecule has 54 heavy (non-hydrogen) atoms. The molecular weight excluding hydrogens is 831 g/mol. The number of rotatable bonds is 6. The normalized spacial score (nSPS) is 22.5. The van der Waals surface area contributed by atoms with Crippen LogP contribution >= 0.6 is 0 Å². The molecule has 8 rings (SSSR count). The van der Waals surface area contributed by atoms with Gasteiger partial charge in [-0.2, -0.15) is 0 Å². The van der Waals surface area contributed by atoms with E-state index < -0.39 is 14.2 Å². The van der Waals surface area contributed by atoms with Crippen LogP contribution in [0.2, 0.25) is 16.7 Å². The SMILES string of the molecule is Cc1cc(C(C)(C)C)ccc1-c1cccc2c1C=C[CH]2[Hf]([CH3])([CH3])(=[SiH2])([CH]1CCCC1)([CH]1CCCC1)[CH]1C=Cc2c(-c3ccc(C(C)(C)C)cc3C)cccc21. The molecule has 2 unspecified atom stereocenters. The summed E-state index contributed by atoms with van der Waals surface area (Å²) >= 11 is -5.38. The van der Waals surface area contributed by atoms with Crippen LogP contribution in [0.3, 0.4) is 0 Å². The van der Waals surface area contributed by atoms with Gasteiger partial charge in [-0.05, 0) is 0 Å². The predicted molar refractivity (Wildman–Crippen MR) is 239 cm³/mol. The van der Waals surface area contributed by atoms with Crippen LogP contribution in [0.5, 0.6) is 0 Å². The van der Waals surface area contributed by atoms with Gasteiger partial charge in [-0.25, -0.2) is 0 Å². The van der Waals surface area contributed by atoms with Crippen molar-refractivity contribution in [2.75, 3.05) is 0 Å². The van der Waals surface area contributed by atoms with Gasteiger partial charge in [0.05, 0.1) is 0 Å². The zero-order valence-electron chi connectivity index (χ0n) is 35.4. The van der Waals surface area contributed by atoms with E-state index in [2.05, 4.69) is 169 Å². The molecular formula is C52H68HfSi. The summed E-state index contributed by atoms with van der Waals surface area (Å²) in [5.74, 6) is 0. The summed E-state index contributed by atoms with van der Waals surface area (Å²) in [5, 5.41) is 0. The van der Waals surface area contributed by atoms with Crippen LogP contribution in [0.15, 0.2) is 84.9 Å². The zero-order chi connectivity index (χ0) is 38.6. The zero-order valence-corrected chi connectivity index (χ0v) is 40.4. The monoisotopic (exact) mass is 900 g/mol. The van der Waals surface area contributed by atoms with Gasteiger partial charge in [0.25, 0.3) is 0 Å². The molecule has 0 N–H and O–H groups in total. The van der Waals surface area contributed by atoms with Gasteiger partial charge in [-0.1, -0.05) is 0 Å². The van der Waals surface area contributed by atoms with Crippen molar-refractivity contribution in [1.29, 1.82) is 0 Å². The predicted octanol–water partition coefficient (Wildman–Crippen LogP) is 15.2. The first kappa shape index (κ1) is 38.3. The standard InChI is InChI=1S/2C20H21.2C5H9.2CH3.Hf.H2Si/c2*1-14-13-16(20(2,3)4)11-12-17(14)19-10-6-8-15-7-5-9-18(15)19;2*1-2-4-5-3-1;;;;/h2*5-13H,1-4H3;2*1H,2-5H2;2*1H3;;1H2. The molecule has 0 aromatic heterocycles. The van der Waals surface area contributed by atoms with E-state index in [0.717, 1.165) is 7.35 Å². The molecule has 4 aliphatic rings. The van der Waals surface area contributed by atoms with Gasteiger partial charge in [0.2, 0.25) is 0 Å². The Bertz CT molecular complexity index is 2220. The van der Waals surface area contributed by atoms with E-state index in [1.807, 2.05) is 0 Å². The van der Waals surface area contributed by atoms with Crippen molar-refractivity contribution in [1.82, 2.24) is 0 Å². The maximum absolute atomic E-state index is 5.38. The average Bonchev–Trinajstić information content (AvgIpc) is 3.94. The first-order valence-corrected chi connectivity index (χ1v) is 45.4. The molecule has 0 heterocycles. The molecule has 284 valence electrons. The summed E-state index contributed by atoms with van der Waals surface area (Å²) in [6.45, 7) is 21.4. The van der Waals surface area contributed by atoms with Gasteiger partial charge < -0.3 is 0 Å². The van der Waals surface area contributed by atoms with Crippen molar-refractivity contribution in [3.05, 3.63) is 129 Å². The van der Waals surface area contributed by atoms with Crippen LogP contribution in [0.1, 0.15) is 145 Å². The third-order valence-electron chi connectivity index (χ3n) is 17.7. The Morgan fingerprint density at radius 3 is 1.22 bits per heavy atom. The summed E-state index contributed by atoms with van der Waals surface area (Å²) in [6.07, 6.45) is 22.0. The molecule has 0 saturated heterocycles. The van der Waals surface area contributed by atoms with Crippen LogP contribution in [0, 0.1) is 13.8 Å². The van der Waals surface area contributed by atoms with E-state index in [9.17, 15) is 0 Å². The van der Waals surface area contributed by atoms with E-state index >= 15 is 0 Å². The Balaban J connectivity index is 1.38. The molecule has 2 heteroatoms. The van der Waals surface area contributed by atoms with Crippen molar-refractivity contribution in [3.63, 3.8) is 0 Å². The molecule has 2 atom stereocenters. The van der Waals surface area contributed by atoms with E-state index in [1.54, 1.807) is 11.1 Å². The quantitative estimate of drug-likeness (QED) is 0.169.